The molecule has 0 unspecified atom stereocenters. The van der Waals surface area contributed by atoms with E-state index in [4.69, 9.17) is 9.94 Å². The number of hydrogen-bond acceptors (Lipinski definition) is 4. The van der Waals surface area contributed by atoms with Gasteiger partial charge >= 0.3 is 0 Å². The Morgan fingerprint density at radius 1 is 1.26 bits per heavy atom. The highest BCUT2D eigenvalue weighted by Crippen LogP contribution is 2.13. The topological polar surface area (TPSA) is 45.1 Å². The predicted molar refractivity (Wildman–Crippen MR) is 76.2 cm³/mol. The van der Waals surface area contributed by atoms with E-state index in [1.807, 2.05) is 24.3 Å². The van der Waals surface area contributed by atoms with Gasteiger partial charge in [0, 0.05) is 6.54 Å². The molecule has 19 heavy (non-hydrogen) atoms. The number of hydrogen-bond donors (Lipinski definition) is 1. The van der Waals surface area contributed by atoms with E-state index >= 15 is 0 Å². The first-order valence-corrected chi connectivity index (χ1v) is 6.94. The van der Waals surface area contributed by atoms with Crippen LogP contribution in [-0.4, -0.2) is 42.1 Å². The van der Waals surface area contributed by atoms with Gasteiger partial charge in [0.05, 0.1) is 12.3 Å². The van der Waals surface area contributed by atoms with Crippen LogP contribution in [0.25, 0.3) is 0 Å². The van der Waals surface area contributed by atoms with E-state index in [9.17, 15) is 0 Å². The maximum absolute atomic E-state index is 8.69. The smallest absolute Gasteiger partial charge is 0.119 e. The summed E-state index contributed by atoms with van der Waals surface area (Å²) in [5.74, 6) is 0.871. The van der Waals surface area contributed by atoms with Gasteiger partial charge in [-0.15, -0.1) is 0 Å². The van der Waals surface area contributed by atoms with E-state index < -0.39 is 0 Å². The molecule has 1 heterocycles. The maximum atomic E-state index is 8.69. The van der Waals surface area contributed by atoms with Gasteiger partial charge in [0.2, 0.25) is 0 Å². The van der Waals surface area contributed by atoms with Gasteiger partial charge in [-0.1, -0.05) is 5.16 Å². The fourth-order valence-electron chi connectivity index (χ4n) is 2.33. The lowest BCUT2D eigenvalue weighted by atomic mass is 10.1. The van der Waals surface area contributed by atoms with E-state index in [-0.39, 0.29) is 0 Å². The van der Waals surface area contributed by atoms with Crippen molar-refractivity contribution >= 4 is 5.71 Å². The van der Waals surface area contributed by atoms with Crippen molar-refractivity contribution in [2.75, 3.05) is 26.2 Å². The summed E-state index contributed by atoms with van der Waals surface area (Å²) in [6.45, 7) is 6.14. The van der Waals surface area contributed by atoms with Crippen LogP contribution in [0, 0.1) is 0 Å². The Morgan fingerprint density at radius 2 is 1.95 bits per heavy atom. The third-order valence-corrected chi connectivity index (χ3v) is 3.51. The Kier molecular flexibility index (Phi) is 5.21. The highest BCUT2D eigenvalue weighted by Gasteiger charge is 2.10. The molecule has 1 N–H and O–H groups in total. The minimum Gasteiger partial charge on any atom is -0.494 e. The molecule has 104 valence electrons. The Balaban J connectivity index is 1.70. The van der Waals surface area contributed by atoms with E-state index in [0.29, 0.717) is 5.71 Å². The van der Waals surface area contributed by atoms with Gasteiger partial charge in [-0.3, -0.25) is 0 Å². The van der Waals surface area contributed by atoms with Crippen LogP contribution in [0.4, 0.5) is 0 Å². The molecular weight excluding hydrogens is 240 g/mol. The number of likely N-dealkylation sites (tertiary alicyclic amines) is 1. The predicted octanol–water partition coefficient (Wildman–Crippen LogP) is 2.75. The van der Waals surface area contributed by atoms with Crippen LogP contribution in [0.3, 0.4) is 0 Å². The first-order valence-electron chi connectivity index (χ1n) is 6.94. The summed E-state index contributed by atoms with van der Waals surface area (Å²) in [5.41, 5.74) is 1.52. The molecule has 0 aromatic heterocycles. The van der Waals surface area contributed by atoms with Crippen molar-refractivity contribution in [3.05, 3.63) is 29.8 Å². The van der Waals surface area contributed by atoms with Gasteiger partial charge in [0.15, 0.2) is 0 Å². The molecule has 1 fully saturated rings. The van der Waals surface area contributed by atoms with Crippen LogP contribution in [0.2, 0.25) is 0 Å². The lowest BCUT2D eigenvalue weighted by Crippen LogP contribution is -2.21. The van der Waals surface area contributed by atoms with Gasteiger partial charge in [0.1, 0.15) is 5.75 Å². The standard InChI is InChI=1S/C15H22N2O2/c1-13(16-18)14-5-7-15(8-6-14)19-12-4-11-17-9-2-3-10-17/h5-8,18H,2-4,9-12H2,1H3/b16-13-. The molecule has 0 bridgehead atoms. The van der Waals surface area contributed by atoms with E-state index in [1.165, 1.54) is 25.9 Å². The van der Waals surface area contributed by atoms with Crippen molar-refractivity contribution in [1.82, 2.24) is 4.90 Å². The quantitative estimate of drug-likeness (QED) is 0.371. The van der Waals surface area contributed by atoms with Crippen LogP contribution in [0.1, 0.15) is 31.7 Å². The number of rotatable bonds is 6. The van der Waals surface area contributed by atoms with Crippen LogP contribution < -0.4 is 4.74 Å². The normalized spacial score (nSPS) is 16.8. The molecule has 0 atom stereocenters. The molecule has 4 heteroatoms. The summed E-state index contributed by atoms with van der Waals surface area (Å²) in [6.07, 6.45) is 3.75. The molecule has 4 nitrogen and oxygen atoms in total. The number of ether oxygens (including phenoxy) is 1. The Labute approximate surface area is 114 Å². The summed E-state index contributed by atoms with van der Waals surface area (Å²) < 4.78 is 5.71. The molecule has 2 rings (SSSR count). The van der Waals surface area contributed by atoms with E-state index in [1.54, 1.807) is 6.92 Å². The van der Waals surface area contributed by atoms with Gasteiger partial charge in [0.25, 0.3) is 0 Å². The fourth-order valence-corrected chi connectivity index (χ4v) is 2.33. The highest BCUT2D eigenvalue weighted by molar-refractivity contribution is 5.98. The summed E-state index contributed by atoms with van der Waals surface area (Å²) in [5, 5.41) is 11.9. The summed E-state index contributed by atoms with van der Waals surface area (Å²) in [7, 11) is 0. The molecule has 1 aromatic carbocycles. The van der Waals surface area contributed by atoms with Crippen LogP contribution in [-0.2, 0) is 0 Å². The second-order valence-electron chi connectivity index (χ2n) is 4.96. The van der Waals surface area contributed by atoms with Gasteiger partial charge < -0.3 is 14.8 Å². The zero-order valence-corrected chi connectivity index (χ0v) is 11.5. The van der Waals surface area contributed by atoms with Gasteiger partial charge in [-0.05, 0) is 69.1 Å². The second-order valence-corrected chi connectivity index (χ2v) is 4.96. The molecule has 0 aliphatic carbocycles. The minimum absolute atomic E-state index is 0.612. The number of oxime groups is 1. The molecule has 0 amide bonds. The maximum Gasteiger partial charge on any atom is 0.119 e. The van der Waals surface area contributed by atoms with Crippen molar-refractivity contribution in [3.8, 4) is 5.75 Å². The fraction of sp³-hybridized carbons (Fsp3) is 0.533. The monoisotopic (exact) mass is 262 g/mol. The molecule has 1 aliphatic rings. The summed E-state index contributed by atoms with van der Waals surface area (Å²) >= 11 is 0. The zero-order chi connectivity index (χ0) is 13.5. The molecule has 1 saturated heterocycles. The average Bonchev–Trinajstić information content (AvgIpc) is 2.96. The molecule has 0 spiro atoms. The molecule has 1 aromatic rings. The molecule has 0 radical (unpaired) electrons. The molecule has 1 aliphatic heterocycles. The zero-order valence-electron chi connectivity index (χ0n) is 11.5. The number of nitrogens with zero attached hydrogens (tertiary/aromatic N) is 2. The summed E-state index contributed by atoms with van der Waals surface area (Å²) in [4.78, 5) is 2.49. The minimum atomic E-state index is 0.612. The van der Waals surface area contributed by atoms with Crippen molar-refractivity contribution < 1.29 is 9.94 Å². The Hall–Kier alpha value is -1.55. The van der Waals surface area contributed by atoms with E-state index in [0.717, 1.165) is 30.9 Å². The van der Waals surface area contributed by atoms with Gasteiger partial charge in [-0.2, -0.15) is 0 Å². The van der Waals surface area contributed by atoms with Crippen molar-refractivity contribution in [2.24, 2.45) is 5.16 Å². The SMILES string of the molecule is C/C(=N/O)c1ccc(OCCCN2CCCC2)cc1. The van der Waals surface area contributed by atoms with Crippen molar-refractivity contribution in [1.29, 1.82) is 0 Å². The first-order chi connectivity index (χ1) is 9.29. The third kappa shape index (κ3) is 4.24. The van der Waals surface area contributed by atoms with Crippen LogP contribution in [0.5, 0.6) is 5.75 Å². The number of benzene rings is 1. The Bertz CT molecular complexity index is 409. The highest BCUT2D eigenvalue weighted by atomic mass is 16.5. The molecular formula is C15H22N2O2. The van der Waals surface area contributed by atoms with Crippen LogP contribution >= 0.6 is 0 Å². The Morgan fingerprint density at radius 3 is 2.58 bits per heavy atom. The second kappa shape index (κ2) is 7.14. The first kappa shape index (κ1) is 13.9. The van der Waals surface area contributed by atoms with Crippen molar-refractivity contribution in [2.45, 2.75) is 26.2 Å². The lowest BCUT2D eigenvalue weighted by Gasteiger charge is -2.14. The lowest BCUT2D eigenvalue weighted by molar-refractivity contribution is 0.263. The third-order valence-electron chi connectivity index (χ3n) is 3.51. The summed E-state index contributed by atoms with van der Waals surface area (Å²) in [6, 6.07) is 7.65. The largest absolute Gasteiger partial charge is 0.494 e. The van der Waals surface area contributed by atoms with Crippen molar-refractivity contribution in [3.63, 3.8) is 0 Å². The molecule has 0 saturated carbocycles. The van der Waals surface area contributed by atoms with Crippen LogP contribution in [0.15, 0.2) is 29.4 Å². The van der Waals surface area contributed by atoms with Gasteiger partial charge in [-0.25, -0.2) is 0 Å². The average molecular weight is 262 g/mol. The van der Waals surface area contributed by atoms with E-state index in [2.05, 4.69) is 10.1 Å².